The molecule has 1 atom stereocenters. The first-order valence-corrected chi connectivity index (χ1v) is 3.64. The Bertz CT molecular complexity index is 220. The first-order chi connectivity index (χ1) is 5.22. The molecule has 0 aromatic carbocycles. The maximum absolute atomic E-state index is 9.30. The summed E-state index contributed by atoms with van der Waals surface area (Å²) in [5, 5.41) is 18.2. The van der Waals surface area contributed by atoms with Crippen LogP contribution in [-0.4, -0.2) is 10.2 Å². The van der Waals surface area contributed by atoms with Crippen molar-refractivity contribution in [3.63, 3.8) is 0 Å². The van der Waals surface area contributed by atoms with E-state index >= 15 is 0 Å². The van der Waals surface area contributed by atoms with E-state index in [1.807, 2.05) is 24.3 Å². The summed E-state index contributed by atoms with van der Waals surface area (Å²) < 4.78 is 0. The maximum Gasteiger partial charge on any atom is 0.136 e. The van der Waals surface area contributed by atoms with Crippen molar-refractivity contribution in [2.45, 2.75) is 13.3 Å². The number of aliphatic hydroxyl groups is 2. The van der Waals surface area contributed by atoms with Gasteiger partial charge in [0.25, 0.3) is 0 Å². The van der Waals surface area contributed by atoms with Crippen molar-refractivity contribution in [3.05, 3.63) is 35.8 Å². The quantitative estimate of drug-likeness (QED) is 0.566. The van der Waals surface area contributed by atoms with Crippen LogP contribution in [0.2, 0.25) is 0 Å². The molecule has 0 aromatic heterocycles. The minimum Gasteiger partial charge on any atom is -0.509 e. The van der Waals surface area contributed by atoms with Crippen molar-refractivity contribution < 1.29 is 10.2 Å². The van der Waals surface area contributed by atoms with Crippen molar-refractivity contribution in [1.82, 2.24) is 0 Å². The third-order valence-corrected chi connectivity index (χ3v) is 1.70. The SMILES string of the molecule is C/C(O)=C(\O)C1C=CC=CC1. The van der Waals surface area contributed by atoms with Crippen LogP contribution in [0.3, 0.4) is 0 Å². The van der Waals surface area contributed by atoms with E-state index in [-0.39, 0.29) is 17.4 Å². The van der Waals surface area contributed by atoms with Gasteiger partial charge in [0.15, 0.2) is 0 Å². The normalized spacial score (nSPS) is 25.0. The smallest absolute Gasteiger partial charge is 0.136 e. The fourth-order valence-electron chi connectivity index (χ4n) is 1.05. The van der Waals surface area contributed by atoms with Gasteiger partial charge in [-0.25, -0.2) is 0 Å². The van der Waals surface area contributed by atoms with E-state index in [2.05, 4.69) is 0 Å². The topological polar surface area (TPSA) is 40.5 Å². The molecular weight excluding hydrogens is 140 g/mol. The average molecular weight is 152 g/mol. The second-order valence-electron chi connectivity index (χ2n) is 2.63. The van der Waals surface area contributed by atoms with Gasteiger partial charge in [-0.3, -0.25) is 0 Å². The largest absolute Gasteiger partial charge is 0.509 e. The van der Waals surface area contributed by atoms with Gasteiger partial charge in [0, 0.05) is 5.92 Å². The Balaban J connectivity index is 2.70. The van der Waals surface area contributed by atoms with E-state index in [1.165, 1.54) is 6.92 Å². The third-order valence-electron chi connectivity index (χ3n) is 1.70. The third kappa shape index (κ3) is 1.87. The second kappa shape index (κ2) is 3.28. The Hall–Kier alpha value is -1.18. The Kier molecular flexibility index (Phi) is 2.36. The van der Waals surface area contributed by atoms with E-state index in [0.29, 0.717) is 0 Å². The van der Waals surface area contributed by atoms with Crippen molar-refractivity contribution in [3.8, 4) is 0 Å². The highest BCUT2D eigenvalue weighted by Crippen LogP contribution is 2.20. The molecule has 1 rings (SSSR count). The molecule has 0 fully saturated rings. The van der Waals surface area contributed by atoms with Gasteiger partial charge < -0.3 is 10.2 Å². The Morgan fingerprint density at radius 2 is 2.09 bits per heavy atom. The molecule has 1 unspecified atom stereocenters. The molecule has 0 heterocycles. The Labute approximate surface area is 66.2 Å². The molecule has 2 N–H and O–H groups in total. The Morgan fingerprint density at radius 3 is 2.55 bits per heavy atom. The van der Waals surface area contributed by atoms with Crippen LogP contribution in [0.25, 0.3) is 0 Å². The highest BCUT2D eigenvalue weighted by molar-refractivity contribution is 5.18. The van der Waals surface area contributed by atoms with Crippen LogP contribution in [-0.2, 0) is 0 Å². The van der Waals surface area contributed by atoms with Crippen molar-refractivity contribution in [2.75, 3.05) is 0 Å². The molecule has 0 saturated heterocycles. The van der Waals surface area contributed by atoms with Crippen LogP contribution in [0.1, 0.15) is 13.3 Å². The van der Waals surface area contributed by atoms with E-state index in [0.717, 1.165) is 6.42 Å². The molecule has 0 spiro atoms. The predicted molar refractivity (Wildman–Crippen MR) is 44.3 cm³/mol. The molecule has 2 nitrogen and oxygen atoms in total. The second-order valence-corrected chi connectivity index (χ2v) is 2.63. The van der Waals surface area contributed by atoms with Gasteiger partial charge in [0.1, 0.15) is 11.5 Å². The first kappa shape index (κ1) is 7.92. The summed E-state index contributed by atoms with van der Waals surface area (Å²) in [6, 6.07) is 0. The highest BCUT2D eigenvalue weighted by Gasteiger charge is 2.12. The summed E-state index contributed by atoms with van der Waals surface area (Å²) in [4.78, 5) is 0. The van der Waals surface area contributed by atoms with Crippen LogP contribution in [0.5, 0.6) is 0 Å². The summed E-state index contributed by atoms with van der Waals surface area (Å²) in [5.74, 6) is 0.0468. The molecule has 0 aromatic rings. The molecule has 1 aliphatic carbocycles. The number of aliphatic hydroxyl groups excluding tert-OH is 2. The van der Waals surface area contributed by atoms with Crippen LogP contribution >= 0.6 is 0 Å². The monoisotopic (exact) mass is 152 g/mol. The minimum atomic E-state index is -0.0370. The van der Waals surface area contributed by atoms with E-state index < -0.39 is 0 Å². The van der Waals surface area contributed by atoms with Crippen LogP contribution in [0.4, 0.5) is 0 Å². The lowest BCUT2D eigenvalue weighted by Crippen LogP contribution is -2.03. The summed E-state index contributed by atoms with van der Waals surface area (Å²) >= 11 is 0. The number of rotatable bonds is 1. The molecule has 1 aliphatic rings. The zero-order valence-corrected chi connectivity index (χ0v) is 6.49. The number of hydrogen-bond acceptors (Lipinski definition) is 2. The molecule has 0 saturated carbocycles. The summed E-state index contributed by atoms with van der Waals surface area (Å²) in [6.07, 6.45) is 8.39. The average Bonchev–Trinajstić information content (AvgIpc) is 2.05. The predicted octanol–water partition coefficient (Wildman–Crippen LogP) is 2.47. The zero-order chi connectivity index (χ0) is 8.27. The van der Waals surface area contributed by atoms with Crippen molar-refractivity contribution in [2.24, 2.45) is 5.92 Å². The van der Waals surface area contributed by atoms with Crippen molar-refractivity contribution >= 4 is 0 Å². The molecule has 2 heteroatoms. The molecule has 0 amide bonds. The van der Waals surface area contributed by atoms with E-state index in [4.69, 9.17) is 5.11 Å². The fraction of sp³-hybridized carbons (Fsp3) is 0.333. The lowest BCUT2D eigenvalue weighted by Gasteiger charge is -2.12. The minimum absolute atomic E-state index is 0.00921. The van der Waals surface area contributed by atoms with Gasteiger partial charge in [-0.1, -0.05) is 24.3 Å². The number of allylic oxidation sites excluding steroid dienone is 5. The maximum atomic E-state index is 9.30. The van der Waals surface area contributed by atoms with E-state index in [1.54, 1.807) is 0 Å². The molecule has 0 bridgehead atoms. The molecular formula is C9H12O2. The van der Waals surface area contributed by atoms with Crippen molar-refractivity contribution in [1.29, 1.82) is 0 Å². The van der Waals surface area contributed by atoms with Gasteiger partial charge in [0.2, 0.25) is 0 Å². The van der Waals surface area contributed by atoms with E-state index in [9.17, 15) is 5.11 Å². The van der Waals surface area contributed by atoms with Gasteiger partial charge in [0.05, 0.1) is 0 Å². The highest BCUT2D eigenvalue weighted by atomic mass is 16.3. The van der Waals surface area contributed by atoms with Gasteiger partial charge in [-0.2, -0.15) is 0 Å². The van der Waals surface area contributed by atoms with Gasteiger partial charge >= 0.3 is 0 Å². The summed E-state index contributed by atoms with van der Waals surface area (Å²) in [6.45, 7) is 1.49. The number of hydrogen-bond donors (Lipinski definition) is 2. The lowest BCUT2D eigenvalue weighted by atomic mass is 9.98. The van der Waals surface area contributed by atoms with Gasteiger partial charge in [-0.15, -0.1) is 0 Å². The summed E-state index contributed by atoms with van der Waals surface area (Å²) in [5.41, 5.74) is 0. The van der Waals surface area contributed by atoms with Crippen LogP contribution < -0.4 is 0 Å². The van der Waals surface area contributed by atoms with Crippen LogP contribution in [0.15, 0.2) is 35.8 Å². The molecule has 60 valence electrons. The fourth-order valence-corrected chi connectivity index (χ4v) is 1.05. The van der Waals surface area contributed by atoms with Gasteiger partial charge in [-0.05, 0) is 13.3 Å². The van der Waals surface area contributed by atoms with Crippen LogP contribution in [0, 0.1) is 5.92 Å². The molecule has 0 aliphatic heterocycles. The standard InChI is InChI=1S/C9H12O2/c1-7(10)9(11)8-5-3-2-4-6-8/h2-5,8,10-11H,6H2,1H3/b9-7+. The zero-order valence-electron chi connectivity index (χ0n) is 6.49. The molecule has 11 heavy (non-hydrogen) atoms. The lowest BCUT2D eigenvalue weighted by molar-refractivity contribution is 0.292. The molecule has 0 radical (unpaired) electrons. The summed E-state index contributed by atoms with van der Waals surface area (Å²) in [7, 11) is 0. The Morgan fingerprint density at radius 1 is 1.36 bits per heavy atom. The first-order valence-electron chi connectivity index (χ1n) is 3.64.